The number of halogens is 2. The molecule has 1 aliphatic heterocycles. The van der Waals surface area contributed by atoms with Crippen LogP contribution in [0.2, 0.25) is 0 Å². The van der Waals surface area contributed by atoms with Crippen molar-refractivity contribution >= 4 is 27.4 Å². The van der Waals surface area contributed by atoms with Crippen LogP contribution in [-0.4, -0.2) is 5.84 Å². The summed E-state index contributed by atoms with van der Waals surface area (Å²) in [6, 6.07) is 40.8. The topological polar surface area (TPSA) is 36.4 Å². The summed E-state index contributed by atoms with van der Waals surface area (Å²) in [5.41, 5.74) is 4.65. The van der Waals surface area contributed by atoms with Crippen LogP contribution in [0.3, 0.4) is 0 Å². The van der Waals surface area contributed by atoms with Gasteiger partial charge in [-0.15, -0.1) is 0 Å². The van der Waals surface area contributed by atoms with Crippen LogP contribution in [0.1, 0.15) is 29.0 Å². The first-order chi connectivity index (χ1) is 19.6. The zero-order valence-corrected chi connectivity index (χ0v) is 21.5. The second-order valence-electron chi connectivity index (χ2n) is 10.0. The quantitative estimate of drug-likeness (QED) is 0.243. The van der Waals surface area contributed by atoms with Gasteiger partial charge in [0.05, 0.1) is 0 Å². The fraction of sp³-hybridized carbons (Fsp3) is 0.0571. The second-order valence-corrected chi connectivity index (χ2v) is 10.0. The van der Waals surface area contributed by atoms with E-state index in [4.69, 9.17) is 4.99 Å². The maximum Gasteiger partial charge on any atom is 0.131 e. The van der Waals surface area contributed by atoms with E-state index in [0.29, 0.717) is 11.4 Å². The second kappa shape index (κ2) is 10.0. The minimum atomic E-state index is -0.649. The molecule has 0 bridgehead atoms. The van der Waals surface area contributed by atoms with Gasteiger partial charge >= 0.3 is 0 Å². The minimum absolute atomic E-state index is 0.347. The lowest BCUT2D eigenvalue weighted by Crippen LogP contribution is -2.45. The van der Waals surface area contributed by atoms with Crippen LogP contribution in [0.5, 0.6) is 0 Å². The Hall–Kier alpha value is -4.87. The van der Waals surface area contributed by atoms with E-state index in [0.717, 1.165) is 44.3 Å². The molecule has 40 heavy (non-hydrogen) atoms. The summed E-state index contributed by atoms with van der Waals surface area (Å²) >= 11 is 0. The van der Waals surface area contributed by atoms with Gasteiger partial charge in [0.15, 0.2) is 0 Å². The van der Waals surface area contributed by atoms with Gasteiger partial charge in [0.1, 0.15) is 29.8 Å². The SMILES string of the molecule is Fc1cc(F)cc(C2N=C(c3ccc4ccccc4c3)NC(c3ccc4c(-c5ccccc5)cccc4c3)N2)c1. The Morgan fingerprint density at radius 2 is 1.30 bits per heavy atom. The van der Waals surface area contributed by atoms with Gasteiger partial charge in [-0.05, 0) is 68.1 Å². The highest BCUT2D eigenvalue weighted by Crippen LogP contribution is 2.32. The van der Waals surface area contributed by atoms with Crippen LogP contribution in [0.25, 0.3) is 32.7 Å². The Morgan fingerprint density at radius 3 is 2.12 bits per heavy atom. The third kappa shape index (κ3) is 4.61. The van der Waals surface area contributed by atoms with Crippen LogP contribution in [0.15, 0.2) is 132 Å². The molecule has 2 unspecified atom stereocenters. The lowest BCUT2D eigenvalue weighted by atomic mass is 9.96. The highest BCUT2D eigenvalue weighted by atomic mass is 19.1. The van der Waals surface area contributed by atoms with Crippen molar-refractivity contribution in [1.82, 2.24) is 10.6 Å². The highest BCUT2D eigenvalue weighted by Gasteiger charge is 2.26. The Balaban J connectivity index is 1.31. The maximum atomic E-state index is 14.2. The first-order valence-electron chi connectivity index (χ1n) is 13.2. The monoisotopic (exact) mass is 525 g/mol. The predicted molar refractivity (Wildman–Crippen MR) is 158 cm³/mol. The van der Waals surface area contributed by atoms with E-state index in [-0.39, 0.29) is 6.17 Å². The van der Waals surface area contributed by atoms with E-state index in [1.54, 1.807) is 0 Å². The van der Waals surface area contributed by atoms with Crippen molar-refractivity contribution in [2.75, 3.05) is 0 Å². The third-order valence-electron chi connectivity index (χ3n) is 7.41. The highest BCUT2D eigenvalue weighted by molar-refractivity contribution is 6.03. The molecule has 6 aromatic carbocycles. The number of hydrogen-bond acceptors (Lipinski definition) is 3. The Labute approximate surface area is 230 Å². The molecule has 0 saturated heterocycles. The molecule has 6 aromatic rings. The summed E-state index contributed by atoms with van der Waals surface area (Å²) in [6.45, 7) is 0. The molecule has 0 radical (unpaired) electrons. The van der Waals surface area contributed by atoms with Gasteiger partial charge in [-0.1, -0.05) is 97.1 Å². The molecule has 3 nitrogen and oxygen atoms in total. The third-order valence-corrected chi connectivity index (χ3v) is 7.41. The molecule has 1 aliphatic rings. The standard InChI is InChI=1S/C35H25F2N3/c36-29-19-28(20-30(37)21-29)35-39-33(26-14-13-22-7-4-5-10-24(22)17-26)38-34(40-35)27-15-16-32-25(18-27)11-6-12-31(32)23-8-2-1-3-9-23/h1-21,34-35,40H,(H,38,39). The molecule has 2 atom stereocenters. The van der Waals surface area contributed by atoms with Crippen LogP contribution < -0.4 is 10.6 Å². The van der Waals surface area contributed by atoms with Crippen molar-refractivity contribution < 1.29 is 8.78 Å². The summed E-state index contributed by atoms with van der Waals surface area (Å²) in [5.74, 6) is -0.607. The predicted octanol–water partition coefficient (Wildman–Crippen LogP) is 8.28. The number of rotatable bonds is 4. The molecular weight excluding hydrogens is 500 g/mol. The molecule has 0 saturated carbocycles. The van der Waals surface area contributed by atoms with Crippen molar-refractivity contribution in [3.63, 3.8) is 0 Å². The number of aliphatic imine (C=N–C) groups is 1. The Kier molecular flexibility index (Phi) is 6.06. The number of benzene rings is 6. The van der Waals surface area contributed by atoms with E-state index in [1.807, 2.05) is 36.4 Å². The first kappa shape index (κ1) is 24.2. The zero-order valence-electron chi connectivity index (χ0n) is 21.5. The van der Waals surface area contributed by atoms with Crippen molar-refractivity contribution in [2.45, 2.75) is 12.3 Å². The van der Waals surface area contributed by atoms with Gasteiger partial charge in [0, 0.05) is 11.6 Å². The van der Waals surface area contributed by atoms with E-state index in [2.05, 4.69) is 83.4 Å². The number of amidine groups is 1. The zero-order chi connectivity index (χ0) is 27.1. The summed E-state index contributed by atoms with van der Waals surface area (Å²) in [5, 5.41) is 11.5. The molecule has 0 aliphatic carbocycles. The molecule has 7 rings (SSSR count). The lowest BCUT2D eigenvalue weighted by molar-refractivity contribution is 0.406. The smallest absolute Gasteiger partial charge is 0.131 e. The van der Waals surface area contributed by atoms with E-state index in [9.17, 15) is 8.78 Å². The van der Waals surface area contributed by atoms with Gasteiger partial charge in [0.25, 0.3) is 0 Å². The van der Waals surface area contributed by atoms with E-state index in [1.165, 1.54) is 17.7 Å². The number of nitrogens with one attached hydrogen (secondary N) is 2. The largest absolute Gasteiger partial charge is 0.350 e. The lowest BCUT2D eigenvalue weighted by Gasteiger charge is -2.32. The van der Waals surface area contributed by atoms with Gasteiger partial charge in [-0.25, -0.2) is 13.8 Å². The van der Waals surface area contributed by atoms with Gasteiger partial charge < -0.3 is 5.32 Å². The average Bonchev–Trinajstić information content (AvgIpc) is 3.00. The summed E-state index contributed by atoms with van der Waals surface area (Å²) in [7, 11) is 0. The number of hydrogen-bond donors (Lipinski definition) is 2. The van der Waals surface area contributed by atoms with Gasteiger partial charge in [-0.2, -0.15) is 0 Å². The van der Waals surface area contributed by atoms with E-state index >= 15 is 0 Å². The Morgan fingerprint density at radius 1 is 0.550 bits per heavy atom. The molecule has 1 heterocycles. The number of fused-ring (bicyclic) bond motifs is 2. The molecule has 0 amide bonds. The average molecular weight is 526 g/mol. The minimum Gasteiger partial charge on any atom is -0.350 e. The van der Waals surface area contributed by atoms with Crippen LogP contribution in [0.4, 0.5) is 8.78 Å². The normalized spacial score (nSPS) is 17.0. The molecular formula is C35H25F2N3. The molecule has 0 aromatic heterocycles. The molecule has 194 valence electrons. The summed E-state index contributed by atoms with van der Waals surface area (Å²) in [4.78, 5) is 4.86. The van der Waals surface area contributed by atoms with Crippen molar-refractivity contribution in [2.24, 2.45) is 4.99 Å². The van der Waals surface area contributed by atoms with Crippen LogP contribution >= 0.6 is 0 Å². The van der Waals surface area contributed by atoms with Crippen molar-refractivity contribution in [3.8, 4) is 11.1 Å². The van der Waals surface area contributed by atoms with Gasteiger partial charge in [0.2, 0.25) is 0 Å². The van der Waals surface area contributed by atoms with Crippen LogP contribution in [-0.2, 0) is 0 Å². The fourth-order valence-electron chi connectivity index (χ4n) is 5.47. The summed E-state index contributed by atoms with van der Waals surface area (Å²) in [6.07, 6.45) is -0.996. The molecule has 0 spiro atoms. The van der Waals surface area contributed by atoms with Crippen molar-refractivity contribution in [1.29, 1.82) is 0 Å². The van der Waals surface area contributed by atoms with Crippen molar-refractivity contribution in [3.05, 3.63) is 156 Å². The maximum absolute atomic E-state index is 14.2. The Bertz CT molecular complexity index is 1880. The molecule has 5 heteroatoms. The fourth-order valence-corrected chi connectivity index (χ4v) is 5.47. The molecule has 2 N–H and O–H groups in total. The number of nitrogens with zero attached hydrogens (tertiary/aromatic N) is 1. The molecule has 0 fully saturated rings. The van der Waals surface area contributed by atoms with Gasteiger partial charge in [-0.3, -0.25) is 5.32 Å². The summed E-state index contributed by atoms with van der Waals surface area (Å²) < 4.78 is 28.4. The van der Waals surface area contributed by atoms with E-state index < -0.39 is 17.8 Å². The van der Waals surface area contributed by atoms with Crippen LogP contribution in [0, 0.1) is 11.6 Å². The first-order valence-corrected chi connectivity index (χ1v) is 13.2.